The molecule has 0 radical (unpaired) electrons. The molecule has 0 spiro atoms. The normalized spacial score (nSPS) is 10.3. The van der Waals surface area contributed by atoms with Gasteiger partial charge >= 0.3 is 0 Å². The summed E-state index contributed by atoms with van der Waals surface area (Å²) in [6.07, 6.45) is 0.862. The average Bonchev–Trinajstić information content (AvgIpc) is 2.36. The zero-order valence-corrected chi connectivity index (χ0v) is 10.6. The molecule has 1 aromatic carbocycles. The Labute approximate surface area is 106 Å². The smallest absolute Gasteiger partial charge is 0.266 e. The third-order valence-electron chi connectivity index (χ3n) is 2.59. The molecule has 0 saturated heterocycles. The summed E-state index contributed by atoms with van der Waals surface area (Å²) < 4.78 is 7.10. The van der Waals surface area contributed by atoms with Gasteiger partial charge in [-0.2, -0.15) is 0 Å². The topological polar surface area (TPSA) is 44.1 Å². The van der Waals surface area contributed by atoms with Crippen LogP contribution in [0.5, 0.6) is 11.6 Å². The van der Waals surface area contributed by atoms with E-state index < -0.39 is 0 Å². The second-order valence-corrected chi connectivity index (χ2v) is 4.10. The van der Waals surface area contributed by atoms with Gasteiger partial charge in [0.05, 0.1) is 0 Å². The van der Waals surface area contributed by atoms with Crippen LogP contribution in [0.1, 0.15) is 18.9 Å². The quantitative estimate of drug-likeness (QED) is 0.830. The number of benzene rings is 1. The second kappa shape index (κ2) is 5.49. The van der Waals surface area contributed by atoms with Crippen LogP contribution in [0.15, 0.2) is 41.2 Å². The lowest BCUT2D eigenvalue weighted by atomic mass is 10.2. The second-order valence-electron chi connectivity index (χ2n) is 4.10. The third-order valence-corrected chi connectivity index (χ3v) is 2.59. The Bertz CT molecular complexity index is 590. The van der Waals surface area contributed by atoms with E-state index in [1.54, 1.807) is 6.07 Å². The van der Waals surface area contributed by atoms with Crippen molar-refractivity contribution in [3.63, 3.8) is 0 Å². The minimum absolute atomic E-state index is 0.103. The van der Waals surface area contributed by atoms with Gasteiger partial charge in [-0.05, 0) is 25.0 Å². The Hall–Kier alpha value is -2.10. The number of aryl methyl sites for hydroxylation is 2. The highest BCUT2D eigenvalue weighted by atomic mass is 16.5. The number of para-hydroxylation sites is 1. The monoisotopic (exact) mass is 244 g/mol. The van der Waals surface area contributed by atoms with Gasteiger partial charge in [0, 0.05) is 18.7 Å². The molecule has 0 atom stereocenters. The maximum absolute atomic E-state index is 11.5. The lowest BCUT2D eigenvalue weighted by Gasteiger charge is -2.09. The van der Waals surface area contributed by atoms with Gasteiger partial charge in [-0.1, -0.05) is 25.1 Å². The van der Waals surface area contributed by atoms with Crippen LogP contribution in [0.25, 0.3) is 0 Å². The van der Waals surface area contributed by atoms with Crippen molar-refractivity contribution in [2.24, 2.45) is 0 Å². The van der Waals surface area contributed by atoms with Crippen LogP contribution >= 0.6 is 0 Å². The molecule has 2 rings (SSSR count). The molecule has 0 N–H and O–H groups in total. The highest BCUT2D eigenvalue weighted by molar-refractivity contribution is 5.34. The Morgan fingerprint density at radius 3 is 2.72 bits per heavy atom. The van der Waals surface area contributed by atoms with Gasteiger partial charge in [0.25, 0.3) is 5.56 Å². The average molecular weight is 244 g/mol. The zero-order valence-electron chi connectivity index (χ0n) is 10.6. The Balaban J connectivity index is 2.27. The van der Waals surface area contributed by atoms with Crippen molar-refractivity contribution < 1.29 is 4.74 Å². The van der Waals surface area contributed by atoms with Crippen LogP contribution in [0, 0.1) is 6.92 Å². The van der Waals surface area contributed by atoms with Gasteiger partial charge in [0.2, 0.25) is 5.88 Å². The maximum atomic E-state index is 11.5. The first-order valence-electron chi connectivity index (χ1n) is 6.02. The molecule has 4 heteroatoms. The molecule has 2 aromatic rings. The van der Waals surface area contributed by atoms with Crippen molar-refractivity contribution in [3.05, 3.63) is 52.3 Å². The number of aromatic nitrogens is 2. The molecular formula is C14H16N2O2. The SMILES string of the molecule is CCCn1nc(Oc2ccccc2C)ccc1=O. The summed E-state index contributed by atoms with van der Waals surface area (Å²) in [5.74, 6) is 1.20. The molecule has 1 aromatic heterocycles. The molecule has 0 amide bonds. The van der Waals surface area contributed by atoms with Gasteiger partial charge < -0.3 is 4.74 Å². The van der Waals surface area contributed by atoms with Crippen molar-refractivity contribution in [2.45, 2.75) is 26.8 Å². The van der Waals surface area contributed by atoms with Crippen molar-refractivity contribution >= 4 is 0 Å². The van der Waals surface area contributed by atoms with Crippen molar-refractivity contribution in [1.82, 2.24) is 9.78 Å². The van der Waals surface area contributed by atoms with Crippen LogP contribution < -0.4 is 10.3 Å². The van der Waals surface area contributed by atoms with Gasteiger partial charge in [-0.25, -0.2) is 4.68 Å². The zero-order chi connectivity index (χ0) is 13.0. The largest absolute Gasteiger partial charge is 0.437 e. The molecule has 1 heterocycles. The lowest BCUT2D eigenvalue weighted by molar-refractivity contribution is 0.424. The van der Waals surface area contributed by atoms with Crippen molar-refractivity contribution in [1.29, 1.82) is 0 Å². The summed E-state index contributed by atoms with van der Waals surface area (Å²) in [4.78, 5) is 11.5. The summed E-state index contributed by atoms with van der Waals surface area (Å²) >= 11 is 0. The fourth-order valence-corrected chi connectivity index (χ4v) is 1.64. The van der Waals surface area contributed by atoms with Crippen LogP contribution in [-0.2, 0) is 6.54 Å². The van der Waals surface area contributed by atoms with Crippen LogP contribution in [0.3, 0.4) is 0 Å². The van der Waals surface area contributed by atoms with Crippen LogP contribution in [0.2, 0.25) is 0 Å². The molecule has 0 bridgehead atoms. The highest BCUT2D eigenvalue weighted by Gasteiger charge is 2.04. The molecule has 0 aliphatic heterocycles. The first-order chi connectivity index (χ1) is 8.70. The number of hydrogen-bond acceptors (Lipinski definition) is 3. The molecule has 18 heavy (non-hydrogen) atoms. The summed E-state index contributed by atoms with van der Waals surface area (Å²) in [7, 11) is 0. The summed E-state index contributed by atoms with van der Waals surface area (Å²) in [6, 6.07) is 10.8. The minimum atomic E-state index is -0.103. The van der Waals surface area contributed by atoms with Gasteiger partial charge in [-0.15, -0.1) is 5.10 Å². The van der Waals surface area contributed by atoms with E-state index in [1.807, 2.05) is 38.1 Å². The number of nitrogens with zero attached hydrogens (tertiary/aromatic N) is 2. The molecular weight excluding hydrogens is 228 g/mol. The molecule has 0 fully saturated rings. The van der Waals surface area contributed by atoms with Crippen LogP contribution in [0.4, 0.5) is 0 Å². The summed E-state index contributed by atoms with van der Waals surface area (Å²) in [6.45, 7) is 4.57. The number of hydrogen-bond donors (Lipinski definition) is 0. The minimum Gasteiger partial charge on any atom is -0.437 e. The molecule has 0 saturated carbocycles. The van der Waals surface area contributed by atoms with Gasteiger partial charge in [0.1, 0.15) is 5.75 Å². The standard InChI is InChI=1S/C14H16N2O2/c1-3-10-16-14(17)9-8-13(15-16)18-12-7-5-4-6-11(12)2/h4-9H,3,10H2,1-2H3. The van der Waals surface area contributed by atoms with E-state index in [1.165, 1.54) is 10.7 Å². The fourth-order valence-electron chi connectivity index (χ4n) is 1.64. The first-order valence-corrected chi connectivity index (χ1v) is 6.02. The lowest BCUT2D eigenvalue weighted by Crippen LogP contribution is -2.21. The summed E-state index contributed by atoms with van der Waals surface area (Å²) in [5, 5.41) is 4.18. The van der Waals surface area contributed by atoms with E-state index >= 15 is 0 Å². The maximum Gasteiger partial charge on any atom is 0.266 e. The molecule has 0 aliphatic rings. The Morgan fingerprint density at radius 2 is 2.00 bits per heavy atom. The van der Waals surface area contributed by atoms with Crippen LogP contribution in [-0.4, -0.2) is 9.78 Å². The van der Waals surface area contributed by atoms with E-state index in [9.17, 15) is 4.79 Å². The van der Waals surface area contributed by atoms with E-state index in [0.717, 1.165) is 17.7 Å². The van der Waals surface area contributed by atoms with Gasteiger partial charge in [-0.3, -0.25) is 4.79 Å². The highest BCUT2D eigenvalue weighted by Crippen LogP contribution is 2.21. The van der Waals surface area contributed by atoms with E-state index in [-0.39, 0.29) is 5.56 Å². The van der Waals surface area contributed by atoms with Crippen molar-refractivity contribution in [2.75, 3.05) is 0 Å². The molecule has 4 nitrogen and oxygen atoms in total. The van der Waals surface area contributed by atoms with E-state index in [0.29, 0.717) is 12.4 Å². The van der Waals surface area contributed by atoms with Crippen molar-refractivity contribution in [3.8, 4) is 11.6 Å². The molecule has 94 valence electrons. The molecule has 0 unspecified atom stereocenters. The third kappa shape index (κ3) is 2.77. The van der Waals surface area contributed by atoms with E-state index in [2.05, 4.69) is 5.10 Å². The Morgan fingerprint density at radius 1 is 1.22 bits per heavy atom. The van der Waals surface area contributed by atoms with E-state index in [4.69, 9.17) is 4.74 Å². The fraction of sp³-hybridized carbons (Fsp3) is 0.286. The predicted molar refractivity (Wildman–Crippen MR) is 70.0 cm³/mol. The molecule has 0 aliphatic carbocycles. The summed E-state index contributed by atoms with van der Waals surface area (Å²) in [5.41, 5.74) is 0.932. The van der Waals surface area contributed by atoms with Gasteiger partial charge in [0.15, 0.2) is 0 Å². The Kier molecular flexibility index (Phi) is 3.77. The number of ether oxygens (including phenoxy) is 1. The predicted octanol–water partition coefficient (Wildman–Crippen LogP) is 2.75. The first kappa shape index (κ1) is 12.4. The number of rotatable bonds is 4.